The predicted molar refractivity (Wildman–Crippen MR) is 92.0 cm³/mol. The van der Waals surface area contributed by atoms with Crippen molar-refractivity contribution in [1.29, 1.82) is 0 Å². The molecule has 2 nitrogen and oxygen atoms in total. The number of alkyl halides is 1. The van der Waals surface area contributed by atoms with E-state index in [-0.39, 0.29) is 5.97 Å². The molecule has 126 valence electrons. The Labute approximate surface area is 137 Å². The number of carbonyl (C=O) groups excluding carboxylic acids is 1. The van der Waals surface area contributed by atoms with Crippen molar-refractivity contribution in [1.82, 2.24) is 0 Å². The van der Waals surface area contributed by atoms with Gasteiger partial charge in [-0.15, -0.1) is 11.6 Å². The highest BCUT2D eigenvalue weighted by Gasteiger charge is 2.02. The molecule has 0 saturated carbocycles. The quantitative estimate of drug-likeness (QED) is 0.191. The Morgan fingerprint density at radius 2 is 1.29 bits per heavy atom. The van der Waals surface area contributed by atoms with E-state index < -0.39 is 0 Å². The first-order valence-electron chi connectivity index (χ1n) is 9.02. The molecule has 0 aromatic heterocycles. The summed E-state index contributed by atoms with van der Waals surface area (Å²) in [5, 5.41) is 0. The highest BCUT2D eigenvalue weighted by Crippen LogP contribution is 2.11. The molecule has 0 unspecified atom stereocenters. The fourth-order valence-electron chi connectivity index (χ4n) is 2.39. The molecule has 0 aliphatic heterocycles. The number of halogens is 1. The van der Waals surface area contributed by atoms with Crippen molar-refractivity contribution in [2.24, 2.45) is 0 Å². The maximum Gasteiger partial charge on any atom is 0.305 e. The van der Waals surface area contributed by atoms with Gasteiger partial charge in [0.15, 0.2) is 0 Å². The maximum atomic E-state index is 11.5. The lowest BCUT2D eigenvalue weighted by Gasteiger charge is -2.05. The Kier molecular flexibility index (Phi) is 17.6. The molecule has 0 spiro atoms. The van der Waals surface area contributed by atoms with E-state index in [0.29, 0.717) is 13.0 Å². The molecule has 3 heteroatoms. The highest BCUT2D eigenvalue weighted by molar-refractivity contribution is 6.17. The van der Waals surface area contributed by atoms with E-state index >= 15 is 0 Å². The molecule has 0 aromatic carbocycles. The third-order valence-electron chi connectivity index (χ3n) is 3.78. The normalized spacial score (nSPS) is 10.8. The van der Waals surface area contributed by atoms with Crippen LogP contribution in [0.15, 0.2) is 0 Å². The first kappa shape index (κ1) is 20.8. The zero-order valence-corrected chi connectivity index (χ0v) is 14.8. The molecule has 0 bridgehead atoms. The molecule has 0 atom stereocenters. The zero-order valence-electron chi connectivity index (χ0n) is 14.0. The monoisotopic (exact) mass is 318 g/mol. The molecule has 0 aliphatic rings. The van der Waals surface area contributed by atoms with Gasteiger partial charge in [0, 0.05) is 12.3 Å². The van der Waals surface area contributed by atoms with Gasteiger partial charge in [0.2, 0.25) is 0 Å². The van der Waals surface area contributed by atoms with Crippen LogP contribution in [-0.2, 0) is 9.53 Å². The summed E-state index contributed by atoms with van der Waals surface area (Å²) in [7, 11) is 0. The van der Waals surface area contributed by atoms with Crippen molar-refractivity contribution in [3.63, 3.8) is 0 Å². The summed E-state index contributed by atoms with van der Waals surface area (Å²) in [6, 6.07) is 0. The molecule has 0 aliphatic carbocycles. The average molecular weight is 319 g/mol. The van der Waals surface area contributed by atoms with Gasteiger partial charge in [-0.2, -0.15) is 0 Å². The fourth-order valence-corrected chi connectivity index (χ4v) is 2.58. The van der Waals surface area contributed by atoms with Crippen LogP contribution < -0.4 is 0 Å². The first-order chi connectivity index (χ1) is 10.3. The highest BCUT2D eigenvalue weighted by atomic mass is 35.5. The fraction of sp³-hybridized carbons (Fsp3) is 0.944. The van der Waals surface area contributed by atoms with Crippen molar-refractivity contribution in [3.8, 4) is 0 Å². The van der Waals surface area contributed by atoms with E-state index in [1.54, 1.807) is 0 Å². The van der Waals surface area contributed by atoms with Crippen molar-refractivity contribution in [2.75, 3.05) is 12.5 Å². The molecular formula is C18H35ClO2. The molecule has 0 N–H and O–H groups in total. The average Bonchev–Trinajstić information content (AvgIpc) is 2.49. The SMILES string of the molecule is CCCCCCCCCCCC(=O)OCCCCCCCl. The molecule has 0 rings (SSSR count). The summed E-state index contributed by atoms with van der Waals surface area (Å²) in [6.07, 6.45) is 16.4. The second-order valence-electron chi connectivity index (χ2n) is 5.90. The molecule has 0 fully saturated rings. The molecular weight excluding hydrogens is 284 g/mol. The molecule has 0 aromatic rings. The van der Waals surface area contributed by atoms with Crippen molar-refractivity contribution in [3.05, 3.63) is 0 Å². The van der Waals surface area contributed by atoms with Crippen molar-refractivity contribution < 1.29 is 9.53 Å². The summed E-state index contributed by atoms with van der Waals surface area (Å²) in [6.45, 7) is 2.83. The van der Waals surface area contributed by atoms with E-state index in [4.69, 9.17) is 16.3 Å². The molecule has 0 heterocycles. The standard InChI is InChI=1S/C18H35ClO2/c1-2-3-4-5-6-7-8-9-12-15-18(20)21-17-14-11-10-13-16-19/h2-17H2,1H3. The maximum absolute atomic E-state index is 11.5. The van der Waals surface area contributed by atoms with E-state index in [9.17, 15) is 4.79 Å². The summed E-state index contributed by atoms with van der Waals surface area (Å²) in [5.41, 5.74) is 0. The van der Waals surface area contributed by atoms with Crippen LogP contribution in [0.25, 0.3) is 0 Å². The molecule has 0 amide bonds. The summed E-state index contributed by atoms with van der Waals surface area (Å²) in [4.78, 5) is 11.5. The summed E-state index contributed by atoms with van der Waals surface area (Å²) in [5.74, 6) is 0.716. The van der Waals surface area contributed by atoms with Gasteiger partial charge in [-0.05, 0) is 19.3 Å². The third kappa shape index (κ3) is 17.7. The Hall–Kier alpha value is -0.240. The lowest BCUT2D eigenvalue weighted by Crippen LogP contribution is -2.05. The van der Waals surface area contributed by atoms with Crippen LogP contribution in [-0.4, -0.2) is 18.5 Å². The zero-order chi connectivity index (χ0) is 15.6. The lowest BCUT2D eigenvalue weighted by molar-refractivity contribution is -0.143. The van der Waals surface area contributed by atoms with Gasteiger partial charge >= 0.3 is 5.97 Å². The lowest BCUT2D eigenvalue weighted by atomic mass is 10.1. The van der Waals surface area contributed by atoms with Crippen LogP contribution >= 0.6 is 11.6 Å². The predicted octanol–water partition coefficient (Wildman–Crippen LogP) is 6.25. The van der Waals surface area contributed by atoms with Crippen LogP contribution in [0.3, 0.4) is 0 Å². The molecule has 0 saturated heterocycles. The Bertz CT molecular complexity index is 219. The molecule has 0 radical (unpaired) electrons. The minimum absolute atomic E-state index is 0.0183. The van der Waals surface area contributed by atoms with E-state index in [1.165, 1.54) is 51.4 Å². The largest absolute Gasteiger partial charge is 0.466 e. The number of ether oxygens (including phenoxy) is 1. The van der Waals surface area contributed by atoms with Gasteiger partial charge < -0.3 is 4.74 Å². The van der Waals surface area contributed by atoms with Gasteiger partial charge in [0.1, 0.15) is 0 Å². The van der Waals surface area contributed by atoms with Gasteiger partial charge in [0.25, 0.3) is 0 Å². The third-order valence-corrected chi connectivity index (χ3v) is 4.04. The van der Waals surface area contributed by atoms with Gasteiger partial charge in [-0.25, -0.2) is 0 Å². The van der Waals surface area contributed by atoms with Crippen LogP contribution in [0.5, 0.6) is 0 Å². The second-order valence-corrected chi connectivity index (χ2v) is 6.28. The Morgan fingerprint density at radius 3 is 1.90 bits per heavy atom. The number of unbranched alkanes of at least 4 members (excludes halogenated alkanes) is 11. The summed E-state index contributed by atoms with van der Waals surface area (Å²) >= 11 is 5.60. The first-order valence-corrected chi connectivity index (χ1v) is 9.56. The van der Waals surface area contributed by atoms with E-state index in [1.807, 2.05) is 0 Å². The van der Waals surface area contributed by atoms with E-state index in [0.717, 1.165) is 38.0 Å². The van der Waals surface area contributed by atoms with Gasteiger partial charge in [0.05, 0.1) is 6.61 Å². The molecule has 21 heavy (non-hydrogen) atoms. The number of hydrogen-bond donors (Lipinski definition) is 0. The Morgan fingerprint density at radius 1 is 0.762 bits per heavy atom. The number of rotatable bonds is 16. The van der Waals surface area contributed by atoms with Gasteiger partial charge in [-0.1, -0.05) is 71.1 Å². The number of hydrogen-bond acceptors (Lipinski definition) is 2. The smallest absolute Gasteiger partial charge is 0.305 e. The van der Waals surface area contributed by atoms with Crippen LogP contribution in [0.4, 0.5) is 0 Å². The van der Waals surface area contributed by atoms with Crippen LogP contribution in [0.1, 0.15) is 96.8 Å². The minimum Gasteiger partial charge on any atom is -0.466 e. The number of esters is 1. The topological polar surface area (TPSA) is 26.3 Å². The van der Waals surface area contributed by atoms with Crippen molar-refractivity contribution in [2.45, 2.75) is 96.8 Å². The Balaban J connectivity index is 3.12. The van der Waals surface area contributed by atoms with Crippen LogP contribution in [0, 0.1) is 0 Å². The number of carbonyl (C=O) groups is 1. The van der Waals surface area contributed by atoms with Crippen LogP contribution in [0.2, 0.25) is 0 Å². The van der Waals surface area contributed by atoms with E-state index in [2.05, 4.69) is 6.92 Å². The second kappa shape index (κ2) is 17.8. The van der Waals surface area contributed by atoms with Crippen molar-refractivity contribution >= 4 is 17.6 Å². The van der Waals surface area contributed by atoms with Gasteiger partial charge in [-0.3, -0.25) is 4.79 Å². The minimum atomic E-state index is -0.0183. The summed E-state index contributed by atoms with van der Waals surface area (Å²) < 4.78 is 5.22.